The van der Waals surface area contributed by atoms with Crippen molar-refractivity contribution >= 4 is 28.2 Å². The molecule has 1 N–H and O–H groups in total. The SMILES string of the molecule is Cc1ncc(CNc2nc3ccccc3nc2C)s1. The van der Waals surface area contributed by atoms with Gasteiger partial charge in [-0.25, -0.2) is 15.0 Å². The van der Waals surface area contributed by atoms with Crippen LogP contribution in [0.1, 0.15) is 15.6 Å². The number of aromatic nitrogens is 3. The molecular formula is C14H14N4S. The van der Waals surface area contributed by atoms with Crippen molar-refractivity contribution in [3.63, 3.8) is 0 Å². The number of hydrogen-bond donors (Lipinski definition) is 1. The molecule has 3 aromatic rings. The quantitative estimate of drug-likeness (QED) is 0.793. The molecule has 5 heteroatoms. The Morgan fingerprint density at radius 3 is 2.53 bits per heavy atom. The summed E-state index contributed by atoms with van der Waals surface area (Å²) in [5.41, 5.74) is 2.76. The van der Waals surface area contributed by atoms with Crippen LogP contribution in [0.15, 0.2) is 30.5 Å². The van der Waals surface area contributed by atoms with Crippen LogP contribution < -0.4 is 5.32 Å². The maximum atomic E-state index is 4.61. The monoisotopic (exact) mass is 270 g/mol. The lowest BCUT2D eigenvalue weighted by Crippen LogP contribution is -2.03. The fraction of sp³-hybridized carbons (Fsp3) is 0.214. The Morgan fingerprint density at radius 2 is 1.84 bits per heavy atom. The number of nitrogens with zero attached hydrogens (tertiary/aromatic N) is 3. The molecule has 96 valence electrons. The van der Waals surface area contributed by atoms with E-state index in [1.165, 1.54) is 4.88 Å². The van der Waals surface area contributed by atoms with Crippen LogP contribution in [0, 0.1) is 13.8 Å². The van der Waals surface area contributed by atoms with Crippen LogP contribution in [-0.2, 0) is 6.54 Å². The summed E-state index contributed by atoms with van der Waals surface area (Å²) in [6.07, 6.45) is 1.90. The third kappa shape index (κ3) is 2.56. The van der Waals surface area contributed by atoms with Crippen molar-refractivity contribution < 1.29 is 0 Å². The van der Waals surface area contributed by atoms with Crippen LogP contribution in [0.2, 0.25) is 0 Å². The first-order valence-electron chi connectivity index (χ1n) is 6.11. The van der Waals surface area contributed by atoms with Gasteiger partial charge in [-0.15, -0.1) is 11.3 Å². The van der Waals surface area contributed by atoms with Crippen LogP contribution in [0.4, 0.5) is 5.82 Å². The van der Waals surface area contributed by atoms with Crippen LogP contribution in [0.5, 0.6) is 0 Å². The predicted molar refractivity (Wildman–Crippen MR) is 78.5 cm³/mol. The average molecular weight is 270 g/mol. The Labute approximate surface area is 115 Å². The van der Waals surface area contributed by atoms with E-state index >= 15 is 0 Å². The minimum absolute atomic E-state index is 0.735. The van der Waals surface area contributed by atoms with E-state index in [0.29, 0.717) is 0 Å². The minimum Gasteiger partial charge on any atom is -0.364 e. The molecule has 0 saturated carbocycles. The number of thiazole rings is 1. The van der Waals surface area contributed by atoms with E-state index in [9.17, 15) is 0 Å². The van der Waals surface area contributed by atoms with E-state index in [1.54, 1.807) is 11.3 Å². The third-order valence-electron chi connectivity index (χ3n) is 2.84. The van der Waals surface area contributed by atoms with Gasteiger partial charge >= 0.3 is 0 Å². The Morgan fingerprint density at radius 1 is 1.11 bits per heavy atom. The summed E-state index contributed by atoms with van der Waals surface area (Å²) >= 11 is 1.69. The Bertz CT molecular complexity index is 720. The summed E-state index contributed by atoms with van der Waals surface area (Å²) in [5, 5.41) is 4.41. The lowest BCUT2D eigenvalue weighted by atomic mass is 10.3. The van der Waals surface area contributed by atoms with Crippen molar-refractivity contribution in [2.45, 2.75) is 20.4 Å². The van der Waals surface area contributed by atoms with E-state index in [2.05, 4.69) is 20.3 Å². The molecule has 1 aromatic carbocycles. The lowest BCUT2D eigenvalue weighted by Gasteiger charge is -2.08. The molecular weight excluding hydrogens is 256 g/mol. The first-order valence-corrected chi connectivity index (χ1v) is 6.92. The molecule has 2 heterocycles. The summed E-state index contributed by atoms with van der Waals surface area (Å²) in [6.45, 7) is 4.72. The van der Waals surface area contributed by atoms with Gasteiger partial charge in [-0.05, 0) is 26.0 Å². The highest BCUT2D eigenvalue weighted by Crippen LogP contribution is 2.18. The Kier molecular flexibility index (Phi) is 3.13. The number of anilines is 1. The zero-order valence-corrected chi connectivity index (χ0v) is 11.7. The number of aryl methyl sites for hydroxylation is 2. The van der Waals surface area contributed by atoms with E-state index in [4.69, 9.17) is 0 Å². The smallest absolute Gasteiger partial charge is 0.148 e. The number of fused-ring (bicyclic) bond motifs is 1. The maximum absolute atomic E-state index is 4.61. The van der Waals surface area contributed by atoms with Crippen molar-refractivity contribution in [1.82, 2.24) is 15.0 Å². The second-order valence-corrected chi connectivity index (χ2v) is 5.66. The molecule has 4 nitrogen and oxygen atoms in total. The van der Waals surface area contributed by atoms with Gasteiger partial charge in [-0.3, -0.25) is 0 Å². The molecule has 3 rings (SSSR count). The van der Waals surface area contributed by atoms with Gasteiger partial charge in [0.05, 0.1) is 28.3 Å². The summed E-state index contributed by atoms with van der Waals surface area (Å²) in [5.74, 6) is 0.838. The topological polar surface area (TPSA) is 50.7 Å². The molecule has 2 aromatic heterocycles. The highest BCUT2D eigenvalue weighted by atomic mass is 32.1. The first kappa shape index (κ1) is 12.0. The predicted octanol–water partition coefficient (Wildman–Crippen LogP) is 3.32. The highest BCUT2D eigenvalue weighted by Gasteiger charge is 2.05. The van der Waals surface area contributed by atoms with E-state index in [0.717, 1.165) is 34.1 Å². The van der Waals surface area contributed by atoms with Gasteiger partial charge in [0, 0.05) is 11.1 Å². The van der Waals surface area contributed by atoms with Crippen molar-refractivity contribution in [2.24, 2.45) is 0 Å². The minimum atomic E-state index is 0.735. The highest BCUT2D eigenvalue weighted by molar-refractivity contribution is 7.11. The van der Waals surface area contributed by atoms with Gasteiger partial charge in [0.2, 0.25) is 0 Å². The average Bonchev–Trinajstić information content (AvgIpc) is 2.82. The molecule has 0 aliphatic rings. The number of rotatable bonds is 3. The molecule has 0 bridgehead atoms. The van der Waals surface area contributed by atoms with Crippen LogP contribution in [0.3, 0.4) is 0 Å². The second kappa shape index (κ2) is 4.93. The number of para-hydroxylation sites is 2. The molecule has 0 aliphatic heterocycles. The van der Waals surface area contributed by atoms with E-state index in [-0.39, 0.29) is 0 Å². The third-order valence-corrected chi connectivity index (χ3v) is 3.76. The molecule has 0 saturated heterocycles. The van der Waals surface area contributed by atoms with Crippen LogP contribution in [0.25, 0.3) is 11.0 Å². The summed E-state index contributed by atoms with van der Waals surface area (Å²) in [6, 6.07) is 7.90. The molecule has 0 radical (unpaired) electrons. The number of benzene rings is 1. The van der Waals surface area contributed by atoms with Crippen molar-refractivity contribution in [3.8, 4) is 0 Å². The maximum Gasteiger partial charge on any atom is 0.148 e. The summed E-state index contributed by atoms with van der Waals surface area (Å²) in [4.78, 5) is 14.6. The molecule has 0 spiro atoms. The Balaban J connectivity index is 1.86. The fourth-order valence-electron chi connectivity index (χ4n) is 1.91. The fourth-order valence-corrected chi connectivity index (χ4v) is 2.65. The molecule has 0 aliphatic carbocycles. The van der Waals surface area contributed by atoms with Gasteiger partial charge < -0.3 is 5.32 Å². The molecule has 0 unspecified atom stereocenters. The van der Waals surface area contributed by atoms with Crippen LogP contribution in [-0.4, -0.2) is 15.0 Å². The zero-order chi connectivity index (χ0) is 13.2. The second-order valence-electron chi connectivity index (χ2n) is 4.35. The lowest BCUT2D eigenvalue weighted by molar-refractivity contribution is 1.09. The molecule has 0 amide bonds. The zero-order valence-electron chi connectivity index (χ0n) is 10.8. The van der Waals surface area contributed by atoms with Gasteiger partial charge in [0.1, 0.15) is 5.82 Å². The van der Waals surface area contributed by atoms with Gasteiger partial charge in [0.25, 0.3) is 0 Å². The normalized spacial score (nSPS) is 10.8. The van der Waals surface area contributed by atoms with Gasteiger partial charge in [-0.1, -0.05) is 12.1 Å². The van der Waals surface area contributed by atoms with Crippen molar-refractivity contribution in [1.29, 1.82) is 0 Å². The standard InChI is InChI=1S/C14H14N4S/c1-9-14(16-8-11-7-15-10(2)19-11)18-13-6-4-3-5-12(13)17-9/h3-7H,8H2,1-2H3,(H,16,18). The molecule has 19 heavy (non-hydrogen) atoms. The van der Waals surface area contributed by atoms with Crippen LogP contribution >= 0.6 is 11.3 Å². The largest absolute Gasteiger partial charge is 0.364 e. The Hall–Kier alpha value is -2.01. The summed E-state index contributed by atoms with van der Waals surface area (Å²) < 4.78 is 0. The van der Waals surface area contributed by atoms with Gasteiger partial charge in [0.15, 0.2) is 0 Å². The van der Waals surface area contributed by atoms with Crippen molar-refractivity contribution in [3.05, 3.63) is 46.0 Å². The number of nitrogens with one attached hydrogen (secondary N) is 1. The summed E-state index contributed by atoms with van der Waals surface area (Å²) in [7, 11) is 0. The number of hydrogen-bond acceptors (Lipinski definition) is 5. The van der Waals surface area contributed by atoms with Crippen molar-refractivity contribution in [2.75, 3.05) is 5.32 Å². The van der Waals surface area contributed by atoms with E-state index < -0.39 is 0 Å². The van der Waals surface area contributed by atoms with E-state index in [1.807, 2.05) is 44.3 Å². The molecule has 0 fully saturated rings. The van der Waals surface area contributed by atoms with Gasteiger partial charge in [-0.2, -0.15) is 0 Å². The molecule has 0 atom stereocenters. The first-order chi connectivity index (χ1) is 9.22.